The van der Waals surface area contributed by atoms with Crippen molar-refractivity contribution in [2.24, 2.45) is 5.73 Å². The molecule has 1 aliphatic rings. The number of hydrogen-bond acceptors (Lipinski definition) is 3. The first-order valence-electron chi connectivity index (χ1n) is 7.54. The van der Waals surface area contributed by atoms with Gasteiger partial charge in [-0.1, -0.05) is 37.1 Å². The number of likely N-dealkylation sites (tertiary alicyclic amines) is 1. The summed E-state index contributed by atoms with van der Waals surface area (Å²) in [5.74, 6) is -0.0453. The van der Waals surface area contributed by atoms with Crippen molar-refractivity contribution in [2.75, 3.05) is 13.6 Å². The molecule has 1 heterocycles. The molecule has 5 heteroatoms. The van der Waals surface area contributed by atoms with Gasteiger partial charge in [-0.3, -0.25) is 9.69 Å². The summed E-state index contributed by atoms with van der Waals surface area (Å²) >= 11 is 5.95. The average Bonchev–Trinajstić information content (AvgIpc) is 2.81. The molecule has 0 spiro atoms. The Labute approximate surface area is 131 Å². The number of likely N-dealkylation sites (N-methyl/N-ethyl adjacent to an activating group) is 1. The van der Waals surface area contributed by atoms with E-state index in [-0.39, 0.29) is 18.0 Å². The quantitative estimate of drug-likeness (QED) is 0.877. The van der Waals surface area contributed by atoms with Gasteiger partial charge in [-0.05, 0) is 37.6 Å². The summed E-state index contributed by atoms with van der Waals surface area (Å²) in [6, 6.07) is 7.72. The highest BCUT2D eigenvalue weighted by atomic mass is 35.5. The van der Waals surface area contributed by atoms with Crippen molar-refractivity contribution in [3.05, 3.63) is 34.9 Å². The van der Waals surface area contributed by atoms with Crippen molar-refractivity contribution in [1.29, 1.82) is 0 Å². The van der Waals surface area contributed by atoms with E-state index in [1.807, 2.05) is 31.2 Å². The predicted molar refractivity (Wildman–Crippen MR) is 86.3 cm³/mol. The zero-order valence-corrected chi connectivity index (χ0v) is 13.4. The van der Waals surface area contributed by atoms with Gasteiger partial charge in [-0.15, -0.1) is 0 Å². The Morgan fingerprint density at radius 1 is 1.48 bits per heavy atom. The van der Waals surface area contributed by atoms with Gasteiger partial charge in [0.2, 0.25) is 5.91 Å². The Balaban J connectivity index is 2.08. The van der Waals surface area contributed by atoms with Crippen LogP contribution in [0.25, 0.3) is 0 Å². The molecule has 3 atom stereocenters. The first-order valence-corrected chi connectivity index (χ1v) is 7.92. The number of halogens is 1. The molecule has 2 rings (SSSR count). The monoisotopic (exact) mass is 309 g/mol. The van der Waals surface area contributed by atoms with Crippen LogP contribution in [0.5, 0.6) is 0 Å². The Morgan fingerprint density at radius 2 is 2.14 bits per heavy atom. The van der Waals surface area contributed by atoms with E-state index in [1.54, 1.807) is 0 Å². The molecule has 3 unspecified atom stereocenters. The maximum Gasteiger partial charge on any atom is 0.237 e. The third-order valence-corrected chi connectivity index (χ3v) is 4.38. The number of amides is 1. The van der Waals surface area contributed by atoms with Gasteiger partial charge in [0, 0.05) is 17.6 Å². The summed E-state index contributed by atoms with van der Waals surface area (Å²) in [7, 11) is 2.08. The van der Waals surface area contributed by atoms with E-state index in [2.05, 4.69) is 17.3 Å². The minimum atomic E-state index is -0.410. The number of nitrogens with zero attached hydrogens (tertiary/aromatic N) is 1. The number of benzene rings is 1. The fourth-order valence-electron chi connectivity index (χ4n) is 2.98. The molecule has 0 aliphatic carbocycles. The molecule has 0 radical (unpaired) electrons. The van der Waals surface area contributed by atoms with E-state index in [4.69, 9.17) is 17.3 Å². The lowest BCUT2D eigenvalue weighted by atomic mass is 9.99. The maximum atomic E-state index is 12.2. The number of nitrogens with one attached hydrogen (secondary N) is 1. The summed E-state index contributed by atoms with van der Waals surface area (Å²) in [6.45, 7) is 2.99. The highest BCUT2D eigenvalue weighted by molar-refractivity contribution is 6.30. The van der Waals surface area contributed by atoms with Gasteiger partial charge in [0.25, 0.3) is 0 Å². The van der Waals surface area contributed by atoms with Crippen LogP contribution in [0, 0.1) is 0 Å². The number of carbonyl (C=O) groups excluding carboxylic acids is 1. The zero-order chi connectivity index (χ0) is 15.4. The number of hydrogen-bond donors (Lipinski definition) is 2. The number of carbonyl (C=O) groups is 1. The van der Waals surface area contributed by atoms with Gasteiger partial charge < -0.3 is 11.1 Å². The maximum absolute atomic E-state index is 12.2. The third-order valence-electron chi connectivity index (χ3n) is 4.12. The van der Waals surface area contributed by atoms with E-state index < -0.39 is 6.04 Å². The zero-order valence-electron chi connectivity index (χ0n) is 12.7. The minimum Gasteiger partial charge on any atom is -0.350 e. The normalized spacial score (nSPS) is 24.0. The molecule has 1 amide bonds. The molecular formula is C16H24ClN3O. The first kappa shape index (κ1) is 16.3. The summed E-state index contributed by atoms with van der Waals surface area (Å²) < 4.78 is 0. The summed E-state index contributed by atoms with van der Waals surface area (Å²) in [4.78, 5) is 14.4. The predicted octanol–water partition coefficient (Wildman–Crippen LogP) is 2.33. The number of rotatable bonds is 5. The van der Waals surface area contributed by atoms with Crippen LogP contribution in [0.4, 0.5) is 0 Å². The van der Waals surface area contributed by atoms with Crippen LogP contribution in [-0.2, 0) is 4.79 Å². The molecule has 1 aromatic rings. The number of nitrogens with two attached hydrogens (primary N) is 1. The van der Waals surface area contributed by atoms with Crippen molar-refractivity contribution in [3.63, 3.8) is 0 Å². The SMILES string of the molecule is CCCC(N)C(=O)NC1CCN(C)C1c1ccc(Cl)cc1. The molecule has 4 nitrogen and oxygen atoms in total. The van der Waals surface area contributed by atoms with Gasteiger partial charge in [0.15, 0.2) is 0 Å². The Bertz CT molecular complexity index is 477. The van der Waals surface area contributed by atoms with Gasteiger partial charge in [-0.25, -0.2) is 0 Å². The molecule has 21 heavy (non-hydrogen) atoms. The van der Waals surface area contributed by atoms with Gasteiger partial charge in [-0.2, -0.15) is 0 Å². The van der Waals surface area contributed by atoms with E-state index in [0.29, 0.717) is 0 Å². The van der Waals surface area contributed by atoms with E-state index in [9.17, 15) is 4.79 Å². The summed E-state index contributed by atoms with van der Waals surface area (Å²) in [5, 5.41) is 3.85. The van der Waals surface area contributed by atoms with E-state index >= 15 is 0 Å². The highest BCUT2D eigenvalue weighted by Gasteiger charge is 2.34. The molecule has 1 aliphatic heterocycles. The van der Waals surface area contributed by atoms with Crippen LogP contribution in [0.15, 0.2) is 24.3 Å². The molecular weight excluding hydrogens is 286 g/mol. The topological polar surface area (TPSA) is 58.4 Å². The van der Waals surface area contributed by atoms with Crippen molar-refractivity contribution < 1.29 is 4.79 Å². The van der Waals surface area contributed by atoms with Crippen LogP contribution >= 0.6 is 11.6 Å². The Morgan fingerprint density at radius 3 is 2.76 bits per heavy atom. The lowest BCUT2D eigenvalue weighted by molar-refractivity contribution is -0.123. The van der Waals surface area contributed by atoms with Crippen LogP contribution in [0.2, 0.25) is 5.02 Å². The van der Waals surface area contributed by atoms with Crippen molar-refractivity contribution >= 4 is 17.5 Å². The molecule has 3 N–H and O–H groups in total. The van der Waals surface area contributed by atoms with Crippen LogP contribution in [-0.4, -0.2) is 36.5 Å². The smallest absolute Gasteiger partial charge is 0.237 e. The second-order valence-electron chi connectivity index (χ2n) is 5.78. The molecule has 1 fully saturated rings. The van der Waals surface area contributed by atoms with Crippen molar-refractivity contribution in [2.45, 2.75) is 44.3 Å². The van der Waals surface area contributed by atoms with Crippen molar-refractivity contribution in [3.8, 4) is 0 Å². The fourth-order valence-corrected chi connectivity index (χ4v) is 3.10. The molecule has 0 saturated carbocycles. The highest BCUT2D eigenvalue weighted by Crippen LogP contribution is 2.31. The van der Waals surface area contributed by atoms with Gasteiger partial charge in [0.05, 0.1) is 12.1 Å². The average molecular weight is 310 g/mol. The standard InChI is InChI=1S/C16H24ClN3O/c1-3-4-13(18)16(21)19-14-9-10-20(2)15(14)11-5-7-12(17)8-6-11/h5-8,13-15H,3-4,9-10,18H2,1-2H3,(H,19,21). The van der Waals surface area contributed by atoms with Gasteiger partial charge >= 0.3 is 0 Å². The van der Waals surface area contributed by atoms with Crippen LogP contribution in [0.3, 0.4) is 0 Å². The first-order chi connectivity index (χ1) is 10.0. The molecule has 1 saturated heterocycles. The van der Waals surface area contributed by atoms with E-state index in [0.717, 1.165) is 30.8 Å². The van der Waals surface area contributed by atoms with Gasteiger partial charge in [0.1, 0.15) is 0 Å². The summed E-state index contributed by atoms with van der Waals surface area (Å²) in [6.07, 6.45) is 2.58. The lowest BCUT2D eigenvalue weighted by Crippen LogP contribution is -2.47. The molecule has 116 valence electrons. The minimum absolute atomic E-state index is 0.0453. The molecule has 0 aromatic heterocycles. The summed E-state index contributed by atoms with van der Waals surface area (Å²) in [5.41, 5.74) is 7.08. The fraction of sp³-hybridized carbons (Fsp3) is 0.562. The Kier molecular flexibility index (Phi) is 5.62. The molecule has 1 aromatic carbocycles. The van der Waals surface area contributed by atoms with Crippen LogP contribution < -0.4 is 11.1 Å². The second kappa shape index (κ2) is 7.25. The third kappa shape index (κ3) is 3.96. The van der Waals surface area contributed by atoms with Crippen LogP contribution in [0.1, 0.15) is 37.8 Å². The van der Waals surface area contributed by atoms with E-state index in [1.165, 1.54) is 5.56 Å². The molecule has 0 bridgehead atoms. The lowest BCUT2D eigenvalue weighted by Gasteiger charge is -2.27. The second-order valence-corrected chi connectivity index (χ2v) is 6.21. The Hall–Kier alpha value is -1.10. The van der Waals surface area contributed by atoms with Crippen molar-refractivity contribution in [1.82, 2.24) is 10.2 Å². The largest absolute Gasteiger partial charge is 0.350 e.